The Hall–Kier alpha value is -5.77. The number of rotatable bonds is 23. The van der Waals surface area contributed by atoms with Crippen molar-refractivity contribution in [2.75, 3.05) is 49.6 Å². The van der Waals surface area contributed by atoms with E-state index >= 15 is 0 Å². The van der Waals surface area contributed by atoms with Crippen LogP contribution < -0.4 is 43.4 Å². The van der Waals surface area contributed by atoms with E-state index in [2.05, 4.69) is 61.6 Å². The number of carbonyl (C=O) groups excluding carboxylic acids is 5. The van der Waals surface area contributed by atoms with Gasteiger partial charge in [-0.15, -0.1) is 45.3 Å². The van der Waals surface area contributed by atoms with Crippen molar-refractivity contribution in [1.29, 1.82) is 0 Å². The van der Waals surface area contributed by atoms with E-state index in [9.17, 15) is 33.6 Å². The van der Waals surface area contributed by atoms with Gasteiger partial charge in [0, 0.05) is 83.1 Å². The number of nitrogens with two attached hydrogens (primary N) is 1. The number of fused-ring (bicyclic) bond motifs is 4. The normalized spacial score (nSPS) is 15.8. The van der Waals surface area contributed by atoms with E-state index in [1.54, 1.807) is 52.8 Å². The zero-order valence-electron chi connectivity index (χ0n) is 48.4. The van der Waals surface area contributed by atoms with Gasteiger partial charge >= 0.3 is 6.09 Å². The van der Waals surface area contributed by atoms with Crippen LogP contribution in [0.3, 0.4) is 0 Å². The van der Waals surface area contributed by atoms with Crippen LogP contribution in [0.15, 0.2) is 43.2 Å². The monoisotopic (exact) mass is 1250 g/mol. The summed E-state index contributed by atoms with van der Waals surface area (Å²) in [5.41, 5.74) is 10.5. The topological polar surface area (TPSA) is 276 Å². The molecule has 0 aromatic carbocycles. The maximum atomic E-state index is 13.6. The summed E-state index contributed by atoms with van der Waals surface area (Å²) in [7, 11) is 0.708. The van der Waals surface area contributed by atoms with E-state index in [4.69, 9.17) is 20.4 Å². The second-order valence-corrected chi connectivity index (χ2v) is 31.6. The third-order valence-corrected chi connectivity index (χ3v) is 20.2. The SMILES string of the molecule is C[C@@H](CCc1c2c(cc(=O)n1Cc1nc(-c3nc(C(=O)NCCC[S+](C)C)cs3)cs1)C1(CC1)NC2=O)NC(=O)OC(C)(C)C.C[C@H](N)CCc1c2c(cc(=O)n1Cc1nc(-c3nc(C(=O)NCCC[S+](C)C)cs3)cs1)C1(CC1)NC2=O. The lowest BCUT2D eigenvalue weighted by Crippen LogP contribution is -2.38. The van der Waals surface area contributed by atoms with E-state index in [0.29, 0.717) is 115 Å². The lowest BCUT2D eigenvalue weighted by atomic mass is 9.98. The highest BCUT2D eigenvalue weighted by Gasteiger charge is 2.54. The molecule has 20 nitrogen and oxygen atoms in total. The summed E-state index contributed by atoms with van der Waals surface area (Å²) in [6, 6.07) is 2.91. The number of hydrogen-bond donors (Lipinski definition) is 6. The Morgan fingerprint density at radius 1 is 0.675 bits per heavy atom. The molecule has 0 bridgehead atoms. The highest BCUT2D eigenvalue weighted by atomic mass is 32.2. The predicted molar refractivity (Wildman–Crippen MR) is 334 cm³/mol. The van der Waals surface area contributed by atoms with Gasteiger partial charge < -0.3 is 46.2 Å². The number of alkyl carbamates (subject to hydrolysis) is 1. The molecule has 7 N–H and O–H groups in total. The molecule has 0 radical (unpaired) electrons. The van der Waals surface area contributed by atoms with Crippen molar-refractivity contribution in [2.45, 2.75) is 141 Å². The van der Waals surface area contributed by atoms with Crippen LogP contribution in [0.5, 0.6) is 0 Å². The van der Waals surface area contributed by atoms with Crippen LogP contribution in [0, 0.1) is 0 Å². The molecule has 10 rings (SSSR count). The fraction of sp³-hybridized carbons (Fsp3) is 0.526. The van der Waals surface area contributed by atoms with Crippen molar-refractivity contribution in [3.8, 4) is 21.4 Å². The lowest BCUT2D eigenvalue weighted by molar-refractivity contribution is 0.0505. The molecule has 0 unspecified atom stereocenters. The highest BCUT2D eigenvalue weighted by molar-refractivity contribution is 7.95. The van der Waals surface area contributed by atoms with E-state index < -0.39 is 17.2 Å². The van der Waals surface area contributed by atoms with Crippen molar-refractivity contribution < 1.29 is 28.7 Å². The third kappa shape index (κ3) is 15.0. The van der Waals surface area contributed by atoms with Gasteiger partial charge in [-0.1, -0.05) is 0 Å². The molecule has 444 valence electrons. The molecule has 2 aliphatic heterocycles. The van der Waals surface area contributed by atoms with E-state index in [1.807, 2.05) is 24.6 Å². The first kappa shape index (κ1) is 61.8. The number of thiazole rings is 4. The number of hydrogen-bond acceptors (Lipinski definition) is 17. The second kappa shape index (κ2) is 25.8. The van der Waals surface area contributed by atoms with Crippen LogP contribution in [0.25, 0.3) is 21.4 Å². The first-order chi connectivity index (χ1) is 39.4. The molecule has 6 aromatic heterocycles. The molecule has 2 aliphatic carbocycles. The summed E-state index contributed by atoms with van der Waals surface area (Å²) >= 11 is 5.56. The van der Waals surface area contributed by atoms with Crippen molar-refractivity contribution in [2.24, 2.45) is 5.73 Å². The Labute approximate surface area is 504 Å². The molecule has 2 fully saturated rings. The number of carbonyl (C=O) groups is 5. The quantitative estimate of drug-likeness (QED) is 0.0294. The molecule has 26 heteroatoms. The van der Waals surface area contributed by atoms with Gasteiger partial charge in [-0.3, -0.25) is 28.8 Å². The van der Waals surface area contributed by atoms with E-state index in [-0.39, 0.29) is 65.5 Å². The summed E-state index contributed by atoms with van der Waals surface area (Å²) in [6.45, 7) is 10.9. The van der Waals surface area contributed by atoms with E-state index in [1.165, 1.54) is 45.3 Å². The van der Waals surface area contributed by atoms with Gasteiger partial charge in [0.2, 0.25) is 0 Å². The smallest absolute Gasteiger partial charge is 0.407 e. The summed E-state index contributed by atoms with van der Waals surface area (Å²) in [4.78, 5) is 109. The molecule has 6 aromatic rings. The number of pyridine rings is 2. The maximum absolute atomic E-state index is 13.6. The van der Waals surface area contributed by atoms with Gasteiger partial charge in [0.05, 0.1) is 60.3 Å². The van der Waals surface area contributed by atoms with Crippen molar-refractivity contribution in [3.63, 3.8) is 0 Å². The minimum atomic E-state index is -0.617. The molecule has 2 atom stereocenters. The standard InChI is InChI=1S/C31H40N6O5S3.C26H32N6O3S3/c1-18(33-29(41)42-30(2,3)4)8-9-22-25-19(31(10-11-31)36-27(25)40)14-24(38)37(22)15-23-34-21(17-43-23)28-35-20(16-44-28)26(39)32-12-7-13-45(5)6;1-15(27)5-6-19-22-16(26(7-8-26)31-24(22)35)11-21(33)32(19)12-20-29-18(14-36-20)25-30-17(13-37-25)23(34)28-9-4-10-38(2)3/h14,16-18H,7-13,15H2,1-6H3,(H2-,32,33,36,39,40,41);11,13-15H,4-10,12,27H2,1-3H3,(H-,28,31,34,35)/p+2/t18-;15-/m00/s1. The number of nitrogens with zero attached hydrogens (tertiary/aromatic N) is 6. The van der Waals surface area contributed by atoms with Gasteiger partial charge in [0.25, 0.3) is 34.7 Å². The minimum absolute atomic E-state index is 0.0490. The number of nitrogens with one attached hydrogen (secondary N) is 5. The van der Waals surface area contributed by atoms with Gasteiger partial charge in [-0.05, 0) is 119 Å². The fourth-order valence-corrected chi connectivity index (χ4v) is 14.7. The Morgan fingerprint density at radius 2 is 1.11 bits per heavy atom. The third-order valence-electron chi connectivity index (χ3n) is 14.6. The number of ether oxygens (including phenoxy) is 1. The van der Waals surface area contributed by atoms with Crippen LogP contribution in [-0.2, 0) is 63.5 Å². The van der Waals surface area contributed by atoms with Gasteiger partial charge in [0.1, 0.15) is 59.9 Å². The summed E-state index contributed by atoms with van der Waals surface area (Å²) < 4.78 is 8.69. The fourth-order valence-electron chi connectivity index (χ4n) is 10.1. The Balaban J connectivity index is 0.000000202. The molecular weight excluding hydrogens is 1170 g/mol. The Morgan fingerprint density at radius 3 is 1.51 bits per heavy atom. The van der Waals surface area contributed by atoms with Gasteiger partial charge in [0.15, 0.2) is 0 Å². The molecule has 4 aliphatic rings. The number of amides is 5. The average Bonchev–Trinajstić information content (AvgIpc) is 1.69. The van der Waals surface area contributed by atoms with Gasteiger partial charge in [-0.25, -0.2) is 24.7 Å². The predicted octanol–water partition coefficient (Wildman–Crippen LogP) is 6.54. The molecule has 5 amide bonds. The Kier molecular flexibility index (Phi) is 19.2. The second-order valence-electron chi connectivity index (χ2n) is 23.2. The molecule has 2 spiro atoms. The summed E-state index contributed by atoms with van der Waals surface area (Å²) in [5.74, 6) is 1.52. The zero-order valence-corrected chi connectivity index (χ0v) is 53.3. The molecule has 0 saturated heterocycles. The van der Waals surface area contributed by atoms with Crippen molar-refractivity contribution in [3.05, 3.63) is 109 Å². The number of aromatic nitrogens is 6. The van der Waals surface area contributed by atoms with Crippen molar-refractivity contribution >= 4 is 96.9 Å². The van der Waals surface area contributed by atoms with Crippen LogP contribution in [0.2, 0.25) is 0 Å². The van der Waals surface area contributed by atoms with Gasteiger partial charge in [-0.2, -0.15) is 0 Å². The van der Waals surface area contributed by atoms with Crippen LogP contribution in [-0.4, -0.2) is 126 Å². The van der Waals surface area contributed by atoms with E-state index in [0.717, 1.165) is 71.9 Å². The average molecular weight is 1250 g/mol. The molecule has 83 heavy (non-hydrogen) atoms. The Bertz CT molecular complexity index is 3520. The van der Waals surface area contributed by atoms with Crippen LogP contribution >= 0.6 is 45.3 Å². The van der Waals surface area contributed by atoms with Crippen LogP contribution in [0.1, 0.15) is 160 Å². The highest BCUT2D eigenvalue weighted by Crippen LogP contribution is 2.51. The zero-order chi connectivity index (χ0) is 59.5. The summed E-state index contributed by atoms with van der Waals surface area (Å²) in [6.07, 6.45) is 15.6. The van der Waals surface area contributed by atoms with Crippen LogP contribution in [0.4, 0.5) is 4.79 Å². The van der Waals surface area contributed by atoms with Crippen molar-refractivity contribution in [1.82, 2.24) is 55.7 Å². The molecular formula is C57H74N12O8S6+2. The largest absolute Gasteiger partial charge is 0.444 e. The molecule has 2 saturated carbocycles. The summed E-state index contributed by atoms with van der Waals surface area (Å²) in [5, 5.41) is 24.9. The first-order valence-corrected chi connectivity index (χ1v) is 35.7. The minimum Gasteiger partial charge on any atom is -0.444 e. The molecule has 8 heterocycles. The lowest BCUT2D eigenvalue weighted by Gasteiger charge is -2.22. The maximum Gasteiger partial charge on any atom is 0.407 e. The first-order valence-electron chi connectivity index (χ1n) is 27.8.